The smallest absolute Gasteiger partial charge is 0.414 e. The van der Waals surface area contributed by atoms with Crippen LogP contribution in [0, 0.1) is 0 Å². The Labute approximate surface area is 85.9 Å². The number of hydrogen-bond acceptors (Lipinski definition) is 3. The Kier molecular flexibility index (Phi) is 3.94. The monoisotopic (exact) mass is 204 g/mol. The lowest BCUT2D eigenvalue weighted by molar-refractivity contribution is -0.137. The minimum Gasteiger partial charge on any atom is -0.449 e. The number of ether oxygens (including phenoxy) is 1. The number of benzene rings is 1. The van der Waals surface area contributed by atoms with Crippen molar-refractivity contribution < 1.29 is 19.1 Å². The van der Waals surface area contributed by atoms with Crippen molar-refractivity contribution in [3.8, 4) is 0 Å². The largest absolute Gasteiger partial charge is 0.449 e. The van der Waals surface area contributed by atoms with Crippen molar-refractivity contribution in [3.63, 3.8) is 0 Å². The second kappa shape index (κ2) is 5.47. The van der Waals surface area contributed by atoms with Crippen molar-refractivity contribution >= 4 is 18.0 Å². The first-order valence-electron chi connectivity index (χ1n) is 4.16. The van der Waals surface area contributed by atoms with Crippen LogP contribution in [0.5, 0.6) is 0 Å². The van der Waals surface area contributed by atoms with E-state index in [1.165, 1.54) is 0 Å². The zero-order valence-corrected chi connectivity index (χ0v) is 7.79. The predicted octanol–water partition coefficient (Wildman–Crippen LogP) is 0.713. The number of Topliss-reactive ketones (excluding diaryl/α,β-unsaturated/α-hetero) is 1. The van der Waals surface area contributed by atoms with Crippen LogP contribution in [0.25, 0.3) is 5.53 Å². The van der Waals surface area contributed by atoms with E-state index in [-0.39, 0.29) is 12.4 Å². The summed E-state index contributed by atoms with van der Waals surface area (Å²) >= 11 is 0. The molecular formula is C10H8N2O3. The van der Waals surface area contributed by atoms with E-state index < -0.39 is 5.97 Å². The third kappa shape index (κ3) is 3.54. The van der Waals surface area contributed by atoms with E-state index in [2.05, 4.69) is 9.53 Å². The highest BCUT2D eigenvalue weighted by atomic mass is 16.5. The molecular weight excluding hydrogens is 196 g/mol. The molecule has 0 fully saturated rings. The lowest BCUT2D eigenvalue weighted by Gasteiger charge is -1.99. The molecule has 0 saturated carbocycles. The summed E-state index contributed by atoms with van der Waals surface area (Å²) < 4.78 is 4.50. The molecule has 0 radical (unpaired) electrons. The number of nitrogens with zero attached hydrogens (tertiary/aromatic N) is 2. The Balaban J connectivity index is 2.51. The summed E-state index contributed by atoms with van der Waals surface area (Å²) in [6, 6.07) is 8.45. The van der Waals surface area contributed by atoms with Gasteiger partial charge in [-0.2, -0.15) is 4.79 Å². The maximum absolute atomic E-state index is 11.4. The van der Waals surface area contributed by atoms with Crippen LogP contribution in [0.3, 0.4) is 0 Å². The van der Waals surface area contributed by atoms with Gasteiger partial charge in [0.05, 0.1) is 0 Å². The number of ketones is 1. The standard InChI is InChI=1S/C10H8N2O3/c11-12-6-10(14)15-7-9(13)8-4-2-1-3-5-8/h1-6H,7H2. The first kappa shape index (κ1) is 10.8. The van der Waals surface area contributed by atoms with Crippen molar-refractivity contribution in [1.29, 1.82) is 0 Å². The average molecular weight is 204 g/mol. The van der Waals surface area contributed by atoms with Gasteiger partial charge in [0.1, 0.15) is 0 Å². The zero-order chi connectivity index (χ0) is 11.1. The number of rotatable bonds is 4. The normalized spacial score (nSPS) is 8.80. The molecule has 0 aliphatic heterocycles. The molecule has 0 aromatic heterocycles. The molecule has 0 spiro atoms. The van der Waals surface area contributed by atoms with E-state index in [0.29, 0.717) is 11.8 Å². The quantitative estimate of drug-likeness (QED) is 0.238. The van der Waals surface area contributed by atoms with E-state index in [1.54, 1.807) is 30.3 Å². The molecule has 76 valence electrons. The van der Waals surface area contributed by atoms with Gasteiger partial charge in [0.25, 0.3) is 0 Å². The van der Waals surface area contributed by atoms with E-state index in [1.807, 2.05) is 0 Å². The summed E-state index contributed by atoms with van der Waals surface area (Å²) in [6.07, 6.45) is 0.582. The second-order valence-corrected chi connectivity index (χ2v) is 2.64. The molecule has 1 aromatic carbocycles. The van der Waals surface area contributed by atoms with Crippen LogP contribution in [0.2, 0.25) is 0 Å². The van der Waals surface area contributed by atoms with Crippen molar-refractivity contribution in [2.24, 2.45) is 0 Å². The lowest BCUT2D eigenvalue weighted by Crippen LogP contribution is -2.14. The van der Waals surface area contributed by atoms with Crippen LogP contribution in [-0.4, -0.2) is 29.4 Å². The van der Waals surface area contributed by atoms with E-state index >= 15 is 0 Å². The Hall–Kier alpha value is -2.26. The molecule has 5 nitrogen and oxygen atoms in total. The lowest BCUT2D eigenvalue weighted by atomic mass is 10.1. The van der Waals surface area contributed by atoms with Gasteiger partial charge >= 0.3 is 12.2 Å². The number of carbonyl (C=O) groups excluding carboxylic acids is 2. The van der Waals surface area contributed by atoms with Crippen molar-refractivity contribution in [3.05, 3.63) is 41.4 Å². The topological polar surface area (TPSA) is 79.8 Å². The highest BCUT2D eigenvalue weighted by molar-refractivity contribution is 6.21. The summed E-state index contributed by atoms with van der Waals surface area (Å²) in [5, 5.41) is 0. The first-order chi connectivity index (χ1) is 7.24. The van der Waals surface area contributed by atoms with Crippen LogP contribution in [0.4, 0.5) is 0 Å². The Morgan fingerprint density at radius 1 is 1.33 bits per heavy atom. The van der Waals surface area contributed by atoms with E-state index in [4.69, 9.17) is 5.53 Å². The average Bonchev–Trinajstić information content (AvgIpc) is 2.27. The molecule has 0 amide bonds. The highest BCUT2D eigenvalue weighted by Gasteiger charge is 2.09. The SMILES string of the molecule is [N-]=[N+]=CC(=O)OCC(=O)c1ccccc1. The highest BCUT2D eigenvalue weighted by Crippen LogP contribution is 1.99. The van der Waals surface area contributed by atoms with Gasteiger partial charge in [-0.25, -0.2) is 4.79 Å². The van der Waals surface area contributed by atoms with Gasteiger partial charge in [-0.3, -0.25) is 4.79 Å². The molecule has 1 rings (SSSR count). The minimum absolute atomic E-state index is 0.310. The minimum atomic E-state index is -0.859. The summed E-state index contributed by atoms with van der Waals surface area (Å²) in [4.78, 5) is 24.5. The molecule has 0 unspecified atom stereocenters. The maximum Gasteiger partial charge on any atom is 0.414 e. The fourth-order valence-electron chi connectivity index (χ4n) is 0.928. The molecule has 0 aliphatic carbocycles. The Morgan fingerprint density at radius 2 is 2.00 bits per heavy atom. The summed E-state index contributed by atoms with van der Waals surface area (Å²) in [6.45, 7) is -0.366. The van der Waals surface area contributed by atoms with Crippen LogP contribution in [0.1, 0.15) is 10.4 Å². The van der Waals surface area contributed by atoms with Crippen LogP contribution in [0.15, 0.2) is 30.3 Å². The second-order valence-electron chi connectivity index (χ2n) is 2.64. The molecule has 5 heteroatoms. The van der Waals surface area contributed by atoms with Crippen molar-refractivity contribution in [1.82, 2.24) is 0 Å². The fraction of sp³-hybridized carbons (Fsp3) is 0.100. The summed E-state index contributed by atoms with van der Waals surface area (Å²) in [7, 11) is 0. The van der Waals surface area contributed by atoms with Gasteiger partial charge in [0.2, 0.25) is 0 Å². The Morgan fingerprint density at radius 3 is 2.60 bits per heavy atom. The van der Waals surface area contributed by atoms with Crippen molar-refractivity contribution in [2.45, 2.75) is 0 Å². The zero-order valence-electron chi connectivity index (χ0n) is 7.79. The van der Waals surface area contributed by atoms with Crippen LogP contribution >= 0.6 is 0 Å². The molecule has 0 saturated heterocycles. The van der Waals surface area contributed by atoms with Gasteiger partial charge in [0.15, 0.2) is 12.4 Å². The van der Waals surface area contributed by atoms with Gasteiger partial charge in [-0.15, -0.1) is 0 Å². The van der Waals surface area contributed by atoms with Crippen LogP contribution < -0.4 is 0 Å². The van der Waals surface area contributed by atoms with E-state index in [9.17, 15) is 9.59 Å². The van der Waals surface area contributed by atoms with E-state index in [0.717, 1.165) is 0 Å². The van der Waals surface area contributed by atoms with Gasteiger partial charge in [-0.05, 0) is 0 Å². The first-order valence-corrected chi connectivity index (χ1v) is 4.16. The molecule has 0 atom stereocenters. The summed E-state index contributed by atoms with van der Waals surface area (Å²) in [5.74, 6) is -1.17. The number of esters is 1. The third-order valence-corrected chi connectivity index (χ3v) is 1.60. The molecule has 0 bridgehead atoms. The fourth-order valence-corrected chi connectivity index (χ4v) is 0.928. The van der Waals surface area contributed by atoms with Gasteiger partial charge in [0, 0.05) is 5.56 Å². The number of carbonyl (C=O) groups is 2. The maximum atomic E-state index is 11.4. The molecule has 0 heterocycles. The van der Waals surface area contributed by atoms with Crippen molar-refractivity contribution in [2.75, 3.05) is 6.61 Å². The molecule has 1 aromatic rings. The number of hydrogen-bond donors (Lipinski definition) is 0. The van der Waals surface area contributed by atoms with Gasteiger partial charge in [-0.1, -0.05) is 30.3 Å². The molecule has 0 aliphatic rings. The summed E-state index contributed by atoms with van der Waals surface area (Å²) in [5.41, 5.74) is 8.47. The Bertz CT molecular complexity index is 408. The predicted molar refractivity (Wildman–Crippen MR) is 51.4 cm³/mol. The molecule has 15 heavy (non-hydrogen) atoms. The van der Waals surface area contributed by atoms with Crippen LogP contribution in [-0.2, 0) is 9.53 Å². The third-order valence-electron chi connectivity index (χ3n) is 1.60. The van der Waals surface area contributed by atoms with Gasteiger partial charge < -0.3 is 10.3 Å². The molecule has 0 N–H and O–H groups in total.